The molecule has 24 heavy (non-hydrogen) atoms. The zero-order chi connectivity index (χ0) is 17.1. The molecular formula is C17H30FIN4O. The fourth-order valence-corrected chi connectivity index (χ4v) is 2.19. The molecule has 1 aromatic rings. The molecule has 5 nitrogen and oxygen atoms in total. The fraction of sp³-hybridized carbons (Fsp3) is 0.588. The lowest BCUT2D eigenvalue weighted by molar-refractivity contribution is 0.152. The molecule has 0 fully saturated rings. The van der Waals surface area contributed by atoms with Crippen molar-refractivity contribution in [1.82, 2.24) is 15.5 Å². The van der Waals surface area contributed by atoms with Gasteiger partial charge in [-0.3, -0.25) is 4.99 Å². The first-order valence-corrected chi connectivity index (χ1v) is 8.10. The molecule has 0 aliphatic rings. The maximum atomic E-state index is 13.5. The highest BCUT2D eigenvalue weighted by atomic mass is 127. The van der Waals surface area contributed by atoms with Crippen LogP contribution in [0.25, 0.3) is 0 Å². The highest BCUT2D eigenvalue weighted by molar-refractivity contribution is 14.0. The van der Waals surface area contributed by atoms with Gasteiger partial charge in [0.1, 0.15) is 5.82 Å². The summed E-state index contributed by atoms with van der Waals surface area (Å²) in [5, 5.41) is 6.44. The van der Waals surface area contributed by atoms with Crippen molar-refractivity contribution in [3.8, 4) is 0 Å². The summed E-state index contributed by atoms with van der Waals surface area (Å²) in [7, 11) is 3.95. The van der Waals surface area contributed by atoms with Crippen LogP contribution in [-0.4, -0.2) is 57.8 Å². The highest BCUT2D eigenvalue weighted by Gasteiger charge is 2.14. The number of rotatable bonds is 9. The predicted molar refractivity (Wildman–Crippen MR) is 109 cm³/mol. The summed E-state index contributed by atoms with van der Waals surface area (Å²) >= 11 is 0. The molecule has 1 rings (SSSR count). The van der Waals surface area contributed by atoms with Gasteiger partial charge in [-0.25, -0.2) is 4.39 Å². The van der Waals surface area contributed by atoms with Crippen molar-refractivity contribution in [2.45, 2.75) is 19.9 Å². The summed E-state index contributed by atoms with van der Waals surface area (Å²) in [6.07, 6.45) is 0. The van der Waals surface area contributed by atoms with Crippen molar-refractivity contribution in [1.29, 1.82) is 0 Å². The van der Waals surface area contributed by atoms with E-state index >= 15 is 0 Å². The second kappa shape index (κ2) is 13.4. The third-order valence-electron chi connectivity index (χ3n) is 3.37. The quantitative estimate of drug-likeness (QED) is 0.262. The van der Waals surface area contributed by atoms with Gasteiger partial charge in [-0.05, 0) is 45.6 Å². The van der Waals surface area contributed by atoms with Gasteiger partial charge in [-0.2, -0.15) is 0 Å². The highest BCUT2D eigenvalue weighted by Crippen LogP contribution is 2.19. The molecule has 0 aromatic heterocycles. The zero-order valence-electron chi connectivity index (χ0n) is 15.0. The molecule has 0 heterocycles. The maximum Gasteiger partial charge on any atom is 0.191 e. The van der Waals surface area contributed by atoms with E-state index in [0.717, 1.165) is 18.1 Å². The van der Waals surface area contributed by atoms with Crippen LogP contribution in [0.5, 0.6) is 0 Å². The average molecular weight is 452 g/mol. The predicted octanol–water partition coefficient (Wildman–Crippen LogP) is 2.64. The molecule has 0 aliphatic carbocycles. The van der Waals surface area contributed by atoms with Gasteiger partial charge in [0.15, 0.2) is 5.96 Å². The van der Waals surface area contributed by atoms with Crippen LogP contribution in [0.4, 0.5) is 4.39 Å². The molecule has 1 atom stereocenters. The lowest BCUT2D eigenvalue weighted by Gasteiger charge is -2.23. The standard InChI is InChI=1S/C17H29FN4O.HI/c1-5-19-17(20-10-11-23-6-2)21-13-16(22(3)4)14-8-7-9-15(18)12-14;/h7-9,12,16H,5-6,10-11,13H2,1-4H3,(H2,19,20,21);1H. The normalized spacial score (nSPS) is 12.7. The molecule has 1 unspecified atom stereocenters. The van der Waals surface area contributed by atoms with E-state index in [-0.39, 0.29) is 35.8 Å². The molecular weight excluding hydrogens is 422 g/mol. The number of hydrogen-bond donors (Lipinski definition) is 2. The fourth-order valence-electron chi connectivity index (χ4n) is 2.19. The largest absolute Gasteiger partial charge is 0.380 e. The van der Waals surface area contributed by atoms with Crippen LogP contribution in [0.15, 0.2) is 29.3 Å². The molecule has 0 aliphatic heterocycles. The van der Waals surface area contributed by atoms with E-state index in [4.69, 9.17) is 4.74 Å². The van der Waals surface area contributed by atoms with Crippen LogP contribution < -0.4 is 10.6 Å². The molecule has 0 saturated heterocycles. The van der Waals surface area contributed by atoms with Crippen molar-refractivity contribution in [2.75, 3.05) is 46.9 Å². The zero-order valence-corrected chi connectivity index (χ0v) is 17.3. The third-order valence-corrected chi connectivity index (χ3v) is 3.37. The monoisotopic (exact) mass is 452 g/mol. The van der Waals surface area contributed by atoms with Crippen molar-refractivity contribution >= 4 is 29.9 Å². The lowest BCUT2D eigenvalue weighted by atomic mass is 10.1. The number of likely N-dealkylation sites (N-methyl/N-ethyl adjacent to an activating group) is 1. The van der Waals surface area contributed by atoms with Gasteiger partial charge >= 0.3 is 0 Å². The number of hydrogen-bond acceptors (Lipinski definition) is 3. The van der Waals surface area contributed by atoms with Crippen LogP contribution in [-0.2, 0) is 4.74 Å². The molecule has 0 spiro atoms. The van der Waals surface area contributed by atoms with Crippen LogP contribution >= 0.6 is 24.0 Å². The molecule has 138 valence electrons. The molecule has 2 N–H and O–H groups in total. The number of ether oxygens (including phenoxy) is 1. The second-order valence-electron chi connectivity index (χ2n) is 5.38. The first kappa shape index (κ1) is 23.1. The van der Waals surface area contributed by atoms with E-state index in [1.54, 1.807) is 12.1 Å². The average Bonchev–Trinajstić information content (AvgIpc) is 2.51. The van der Waals surface area contributed by atoms with Gasteiger partial charge in [0.25, 0.3) is 0 Å². The Morgan fingerprint density at radius 3 is 2.62 bits per heavy atom. The lowest BCUT2D eigenvalue weighted by Crippen LogP contribution is -2.39. The smallest absolute Gasteiger partial charge is 0.191 e. The third kappa shape index (κ3) is 8.79. The molecule has 0 radical (unpaired) electrons. The van der Waals surface area contributed by atoms with Gasteiger partial charge in [0.2, 0.25) is 0 Å². The topological polar surface area (TPSA) is 48.9 Å². The Labute approximate surface area is 162 Å². The number of benzene rings is 1. The van der Waals surface area contributed by atoms with Crippen LogP contribution in [0, 0.1) is 5.82 Å². The summed E-state index contributed by atoms with van der Waals surface area (Å²) in [4.78, 5) is 6.66. The Morgan fingerprint density at radius 1 is 1.29 bits per heavy atom. The van der Waals surface area contributed by atoms with Crippen molar-refractivity contribution in [3.05, 3.63) is 35.6 Å². The van der Waals surface area contributed by atoms with Crippen molar-refractivity contribution < 1.29 is 9.13 Å². The molecule has 1 aromatic carbocycles. The van der Waals surface area contributed by atoms with Gasteiger partial charge in [0.05, 0.1) is 19.2 Å². The Bertz CT molecular complexity index is 485. The first-order valence-electron chi connectivity index (χ1n) is 8.10. The van der Waals surface area contributed by atoms with E-state index in [1.165, 1.54) is 6.07 Å². The number of guanidine groups is 1. The minimum Gasteiger partial charge on any atom is -0.380 e. The van der Waals surface area contributed by atoms with Crippen molar-refractivity contribution in [2.24, 2.45) is 4.99 Å². The molecule has 0 amide bonds. The van der Waals surface area contributed by atoms with Crippen LogP contribution in [0.3, 0.4) is 0 Å². The molecule has 7 heteroatoms. The summed E-state index contributed by atoms with van der Waals surface area (Å²) < 4.78 is 18.8. The SMILES string of the molecule is CCNC(=NCC(c1cccc(F)c1)N(C)C)NCCOCC.I. The van der Waals surface area contributed by atoms with E-state index in [2.05, 4.69) is 15.6 Å². The maximum absolute atomic E-state index is 13.5. The Balaban J connectivity index is 0.00000529. The summed E-state index contributed by atoms with van der Waals surface area (Å²) in [5.74, 6) is 0.524. The molecule has 0 saturated carbocycles. The minimum absolute atomic E-state index is 0. The van der Waals surface area contributed by atoms with Gasteiger partial charge < -0.3 is 20.3 Å². The van der Waals surface area contributed by atoms with Crippen LogP contribution in [0.1, 0.15) is 25.5 Å². The summed E-state index contributed by atoms with van der Waals surface area (Å²) in [6.45, 7) is 7.37. The van der Waals surface area contributed by atoms with E-state index in [9.17, 15) is 4.39 Å². The summed E-state index contributed by atoms with van der Waals surface area (Å²) in [5.41, 5.74) is 0.920. The van der Waals surface area contributed by atoms with Gasteiger partial charge in [0, 0.05) is 19.7 Å². The number of nitrogens with one attached hydrogen (secondary N) is 2. The van der Waals surface area contributed by atoms with E-state index in [1.807, 2.05) is 38.9 Å². The van der Waals surface area contributed by atoms with E-state index in [0.29, 0.717) is 26.3 Å². The molecule has 0 bridgehead atoms. The minimum atomic E-state index is -0.222. The second-order valence-corrected chi connectivity index (χ2v) is 5.38. The van der Waals surface area contributed by atoms with E-state index < -0.39 is 0 Å². The Kier molecular flexibility index (Phi) is 12.9. The summed E-state index contributed by atoms with van der Waals surface area (Å²) in [6, 6.07) is 6.71. The number of nitrogens with zero attached hydrogens (tertiary/aromatic N) is 2. The Hall–Kier alpha value is -0.930. The van der Waals surface area contributed by atoms with Gasteiger partial charge in [-0.15, -0.1) is 24.0 Å². The van der Waals surface area contributed by atoms with Gasteiger partial charge in [-0.1, -0.05) is 12.1 Å². The first-order chi connectivity index (χ1) is 11.1. The number of halogens is 2. The Morgan fingerprint density at radius 2 is 2.04 bits per heavy atom. The van der Waals surface area contributed by atoms with Crippen LogP contribution in [0.2, 0.25) is 0 Å². The number of aliphatic imine (C=N–C) groups is 1. The van der Waals surface area contributed by atoms with Crippen molar-refractivity contribution in [3.63, 3.8) is 0 Å².